The van der Waals surface area contributed by atoms with Crippen LogP contribution in [-0.4, -0.2) is 43.9 Å². The molecule has 2 N–H and O–H groups in total. The van der Waals surface area contributed by atoms with Crippen molar-refractivity contribution in [1.82, 2.24) is 20.0 Å². The lowest BCUT2D eigenvalue weighted by Gasteiger charge is -2.10. The molecule has 2 aromatic heterocycles. The van der Waals surface area contributed by atoms with Crippen LogP contribution in [0.2, 0.25) is 0 Å². The number of esters is 1. The van der Waals surface area contributed by atoms with Crippen LogP contribution in [-0.2, 0) is 11.3 Å². The van der Waals surface area contributed by atoms with Crippen LogP contribution in [0.25, 0.3) is 0 Å². The van der Waals surface area contributed by atoms with Crippen LogP contribution in [0.5, 0.6) is 0 Å². The summed E-state index contributed by atoms with van der Waals surface area (Å²) in [4.78, 5) is 34.8. The Balaban J connectivity index is 1.88. The third kappa shape index (κ3) is 3.83. The van der Waals surface area contributed by atoms with E-state index in [1.165, 1.54) is 7.11 Å². The second-order valence-corrected chi connectivity index (χ2v) is 6.19. The van der Waals surface area contributed by atoms with Gasteiger partial charge in [-0.1, -0.05) is 18.2 Å². The molecule has 2 heterocycles. The van der Waals surface area contributed by atoms with E-state index in [9.17, 15) is 19.7 Å². The van der Waals surface area contributed by atoms with E-state index in [1.807, 2.05) is 0 Å². The summed E-state index contributed by atoms with van der Waals surface area (Å²) >= 11 is 0. The molecule has 3 rings (SSSR count). The van der Waals surface area contributed by atoms with Crippen LogP contribution in [0.1, 0.15) is 37.8 Å². The number of aromatic amines is 1. The van der Waals surface area contributed by atoms with Gasteiger partial charge in [0.25, 0.3) is 5.91 Å². The van der Waals surface area contributed by atoms with Crippen LogP contribution in [0.4, 0.5) is 11.4 Å². The van der Waals surface area contributed by atoms with Gasteiger partial charge in [-0.25, -0.2) is 4.79 Å². The highest BCUT2D eigenvalue weighted by Crippen LogP contribution is 2.23. The normalized spacial score (nSPS) is 10.6. The summed E-state index contributed by atoms with van der Waals surface area (Å²) in [5.74, 6) is -1.16. The zero-order valence-electron chi connectivity index (χ0n) is 15.9. The number of benzene rings is 1. The number of ether oxygens (including phenoxy) is 1. The predicted molar refractivity (Wildman–Crippen MR) is 102 cm³/mol. The van der Waals surface area contributed by atoms with Gasteiger partial charge in [0.2, 0.25) is 5.69 Å². The Hall–Kier alpha value is -4.02. The average molecular weight is 398 g/mol. The topological polar surface area (TPSA) is 145 Å². The number of hydrogen-bond donors (Lipinski definition) is 2. The first-order chi connectivity index (χ1) is 13.8. The van der Waals surface area contributed by atoms with Gasteiger partial charge < -0.3 is 10.1 Å². The quantitative estimate of drug-likeness (QED) is 0.368. The molecular formula is C18H18N6O5. The molecule has 3 aromatic rings. The fourth-order valence-electron chi connectivity index (χ4n) is 2.92. The van der Waals surface area contributed by atoms with Crippen molar-refractivity contribution in [3.63, 3.8) is 0 Å². The van der Waals surface area contributed by atoms with E-state index in [2.05, 4.69) is 20.6 Å². The Morgan fingerprint density at radius 1 is 1.31 bits per heavy atom. The van der Waals surface area contributed by atoms with Crippen molar-refractivity contribution in [2.75, 3.05) is 12.4 Å². The third-order valence-corrected chi connectivity index (χ3v) is 4.41. The van der Waals surface area contributed by atoms with Crippen molar-refractivity contribution in [1.29, 1.82) is 0 Å². The molecule has 11 nitrogen and oxygen atoms in total. The Labute approximate surface area is 164 Å². The Morgan fingerprint density at radius 2 is 2.03 bits per heavy atom. The second kappa shape index (κ2) is 7.92. The molecule has 29 heavy (non-hydrogen) atoms. The zero-order chi connectivity index (χ0) is 21.1. The number of nitro groups is 1. The van der Waals surface area contributed by atoms with E-state index in [0.29, 0.717) is 28.2 Å². The number of amides is 1. The largest absolute Gasteiger partial charge is 0.465 e. The van der Waals surface area contributed by atoms with Crippen molar-refractivity contribution in [3.05, 3.63) is 68.8 Å². The fourth-order valence-corrected chi connectivity index (χ4v) is 2.92. The number of carbonyl (C=O) groups excluding carboxylic acids is 2. The van der Waals surface area contributed by atoms with Crippen LogP contribution in [0, 0.1) is 24.0 Å². The number of rotatable bonds is 6. The lowest BCUT2D eigenvalue weighted by Crippen LogP contribution is -2.15. The van der Waals surface area contributed by atoms with Gasteiger partial charge in [-0.3, -0.25) is 24.7 Å². The minimum absolute atomic E-state index is 0.252. The Morgan fingerprint density at radius 3 is 2.72 bits per heavy atom. The summed E-state index contributed by atoms with van der Waals surface area (Å²) in [5.41, 5.74) is 2.02. The van der Waals surface area contributed by atoms with E-state index in [-0.39, 0.29) is 12.2 Å². The number of methoxy groups -OCH3 is 1. The first-order valence-corrected chi connectivity index (χ1v) is 8.52. The molecule has 1 aromatic carbocycles. The van der Waals surface area contributed by atoms with Crippen LogP contribution < -0.4 is 5.32 Å². The number of anilines is 1. The number of aryl methyl sites for hydroxylation is 1. The second-order valence-electron chi connectivity index (χ2n) is 6.19. The average Bonchev–Trinajstić information content (AvgIpc) is 3.29. The number of H-pyrrole nitrogens is 1. The van der Waals surface area contributed by atoms with E-state index in [4.69, 9.17) is 4.74 Å². The van der Waals surface area contributed by atoms with E-state index >= 15 is 0 Å². The Bertz CT molecular complexity index is 1100. The minimum Gasteiger partial charge on any atom is -0.465 e. The van der Waals surface area contributed by atoms with E-state index < -0.39 is 22.5 Å². The number of nitrogens with zero attached hydrogens (tertiary/aromatic N) is 4. The molecule has 150 valence electrons. The molecule has 0 saturated carbocycles. The van der Waals surface area contributed by atoms with Crippen molar-refractivity contribution < 1.29 is 19.2 Å². The minimum atomic E-state index is -0.699. The summed E-state index contributed by atoms with van der Waals surface area (Å²) in [7, 11) is 1.31. The number of hydrogen-bond acceptors (Lipinski definition) is 7. The molecule has 1 amide bonds. The molecule has 0 bridgehead atoms. The smallest absolute Gasteiger partial charge is 0.338 e. The maximum absolute atomic E-state index is 12.5. The SMILES string of the molecule is COC(=O)c1ccccc1Cn1nc(C)c(NC(=O)c2[nH]ncc2[N+](=O)[O-])c1C. The first kappa shape index (κ1) is 19.7. The van der Waals surface area contributed by atoms with Gasteiger partial charge in [-0.2, -0.15) is 10.2 Å². The number of nitrogens with one attached hydrogen (secondary N) is 2. The lowest BCUT2D eigenvalue weighted by molar-refractivity contribution is -0.385. The summed E-state index contributed by atoms with van der Waals surface area (Å²) in [5, 5.41) is 23.9. The third-order valence-electron chi connectivity index (χ3n) is 4.41. The molecule has 0 aliphatic rings. The first-order valence-electron chi connectivity index (χ1n) is 8.52. The van der Waals surface area contributed by atoms with Gasteiger partial charge >= 0.3 is 11.7 Å². The molecule has 0 aliphatic carbocycles. The number of carbonyl (C=O) groups is 2. The molecule has 0 radical (unpaired) electrons. The standard InChI is InChI=1S/C18H18N6O5/c1-10-15(20-17(25)16-14(24(27)28)8-19-21-16)11(2)23(22-10)9-12-6-4-5-7-13(12)18(26)29-3/h4-8H,9H2,1-3H3,(H,19,21)(H,20,25). The predicted octanol–water partition coefficient (Wildman–Crippen LogP) is 2.22. The zero-order valence-corrected chi connectivity index (χ0v) is 15.9. The van der Waals surface area contributed by atoms with E-state index in [1.54, 1.807) is 42.8 Å². The number of aromatic nitrogens is 4. The van der Waals surface area contributed by atoms with Gasteiger partial charge in [0.15, 0.2) is 0 Å². The van der Waals surface area contributed by atoms with Crippen LogP contribution in [0.3, 0.4) is 0 Å². The van der Waals surface area contributed by atoms with Gasteiger partial charge in [-0.15, -0.1) is 0 Å². The molecular weight excluding hydrogens is 380 g/mol. The summed E-state index contributed by atoms with van der Waals surface area (Å²) in [6.45, 7) is 3.72. The van der Waals surface area contributed by atoms with Crippen molar-refractivity contribution in [3.8, 4) is 0 Å². The highest BCUT2D eigenvalue weighted by atomic mass is 16.6. The molecule has 0 fully saturated rings. The van der Waals surface area contributed by atoms with Crippen LogP contribution in [0.15, 0.2) is 30.5 Å². The molecule has 0 atom stereocenters. The van der Waals surface area contributed by atoms with Crippen molar-refractivity contribution in [2.24, 2.45) is 0 Å². The molecule has 11 heteroatoms. The molecule has 0 spiro atoms. The summed E-state index contributed by atoms with van der Waals surface area (Å²) in [6, 6.07) is 6.98. The maximum atomic E-state index is 12.5. The van der Waals surface area contributed by atoms with Gasteiger partial charge in [0, 0.05) is 0 Å². The van der Waals surface area contributed by atoms with Gasteiger partial charge in [0.1, 0.15) is 6.20 Å². The summed E-state index contributed by atoms with van der Waals surface area (Å²) < 4.78 is 6.44. The molecule has 0 aliphatic heterocycles. The fraction of sp³-hybridized carbons (Fsp3) is 0.222. The Kier molecular flexibility index (Phi) is 5.39. The van der Waals surface area contributed by atoms with Crippen LogP contribution >= 0.6 is 0 Å². The highest BCUT2D eigenvalue weighted by Gasteiger charge is 2.25. The van der Waals surface area contributed by atoms with Gasteiger partial charge in [-0.05, 0) is 25.5 Å². The molecule has 0 unspecified atom stereocenters. The monoisotopic (exact) mass is 398 g/mol. The maximum Gasteiger partial charge on any atom is 0.338 e. The van der Waals surface area contributed by atoms with Gasteiger partial charge in [0.05, 0.1) is 41.2 Å². The van der Waals surface area contributed by atoms with Crippen molar-refractivity contribution >= 4 is 23.3 Å². The van der Waals surface area contributed by atoms with Crippen molar-refractivity contribution in [2.45, 2.75) is 20.4 Å². The van der Waals surface area contributed by atoms with E-state index in [0.717, 1.165) is 6.20 Å². The lowest BCUT2D eigenvalue weighted by atomic mass is 10.1. The highest BCUT2D eigenvalue weighted by molar-refractivity contribution is 6.06. The summed E-state index contributed by atoms with van der Waals surface area (Å²) in [6.07, 6.45) is 0.974. The molecule has 0 saturated heterocycles.